The summed E-state index contributed by atoms with van der Waals surface area (Å²) < 4.78 is 4.70. The maximum Gasteiger partial charge on any atom is 0.332 e. The first-order valence-corrected chi connectivity index (χ1v) is 11.0. The number of halogens is 1. The zero-order valence-electron chi connectivity index (χ0n) is 18.3. The van der Waals surface area contributed by atoms with Crippen LogP contribution in [0.3, 0.4) is 0 Å². The minimum absolute atomic E-state index is 0.180. The summed E-state index contributed by atoms with van der Waals surface area (Å²) in [5.41, 5.74) is 4.40. The highest BCUT2D eigenvalue weighted by Gasteiger charge is 2.27. The fraction of sp³-hybridized carbons (Fsp3) is 0.292. The number of aromatic nitrogens is 4. The van der Waals surface area contributed by atoms with E-state index >= 15 is 0 Å². The standard InChI is InChI=1S/C24H24ClN5O2/c1-15-11-16(2)13-19(12-15)28-9-4-10-29-20-21(26-23(28)29)27(3)24(32)30(22(20)31)14-17-5-7-18(25)8-6-17/h5-8,11-13H,4,9-10,14H2,1-3H3. The zero-order chi connectivity index (χ0) is 22.6. The molecule has 3 heterocycles. The summed E-state index contributed by atoms with van der Waals surface area (Å²) in [5.74, 6) is 0.701. The van der Waals surface area contributed by atoms with Gasteiger partial charge in [-0.2, -0.15) is 4.98 Å². The summed E-state index contributed by atoms with van der Waals surface area (Å²) in [4.78, 5) is 33.5. The summed E-state index contributed by atoms with van der Waals surface area (Å²) in [5, 5.41) is 0.612. The molecule has 0 radical (unpaired) electrons. The van der Waals surface area contributed by atoms with Crippen molar-refractivity contribution in [3.8, 4) is 0 Å². The van der Waals surface area contributed by atoms with E-state index in [4.69, 9.17) is 16.6 Å². The summed E-state index contributed by atoms with van der Waals surface area (Å²) in [6.07, 6.45) is 0.880. The second-order valence-corrected chi connectivity index (χ2v) is 8.88. The lowest BCUT2D eigenvalue weighted by Gasteiger charge is -2.29. The van der Waals surface area contributed by atoms with Gasteiger partial charge in [0.2, 0.25) is 5.95 Å². The van der Waals surface area contributed by atoms with Crippen molar-refractivity contribution in [1.82, 2.24) is 18.7 Å². The molecule has 32 heavy (non-hydrogen) atoms. The number of imidazole rings is 1. The molecule has 0 atom stereocenters. The van der Waals surface area contributed by atoms with Crippen molar-refractivity contribution in [2.75, 3.05) is 11.4 Å². The van der Waals surface area contributed by atoms with Gasteiger partial charge in [0.15, 0.2) is 11.2 Å². The van der Waals surface area contributed by atoms with Gasteiger partial charge in [-0.1, -0.05) is 29.8 Å². The van der Waals surface area contributed by atoms with E-state index in [9.17, 15) is 9.59 Å². The van der Waals surface area contributed by atoms with Crippen LogP contribution in [0.5, 0.6) is 0 Å². The number of hydrogen-bond acceptors (Lipinski definition) is 4. The maximum absolute atomic E-state index is 13.5. The van der Waals surface area contributed by atoms with E-state index in [-0.39, 0.29) is 17.8 Å². The largest absolute Gasteiger partial charge is 0.332 e. The molecule has 164 valence electrons. The Bertz CT molecular complexity index is 1440. The molecule has 2 aromatic carbocycles. The molecule has 1 aliphatic rings. The number of anilines is 2. The van der Waals surface area contributed by atoms with E-state index in [1.807, 2.05) is 16.7 Å². The predicted molar refractivity (Wildman–Crippen MR) is 127 cm³/mol. The van der Waals surface area contributed by atoms with Crippen LogP contribution in [0.1, 0.15) is 23.1 Å². The summed E-state index contributed by atoms with van der Waals surface area (Å²) in [6, 6.07) is 13.5. The van der Waals surface area contributed by atoms with Gasteiger partial charge in [0.1, 0.15) is 0 Å². The van der Waals surface area contributed by atoms with Crippen molar-refractivity contribution in [3.63, 3.8) is 0 Å². The van der Waals surface area contributed by atoms with E-state index in [0.29, 0.717) is 28.7 Å². The molecular weight excluding hydrogens is 426 g/mol. The fourth-order valence-electron chi connectivity index (χ4n) is 4.53. The molecule has 5 rings (SSSR count). The highest BCUT2D eigenvalue weighted by molar-refractivity contribution is 6.30. The van der Waals surface area contributed by atoms with E-state index in [1.54, 1.807) is 19.2 Å². The van der Waals surface area contributed by atoms with Crippen LogP contribution in [0.25, 0.3) is 11.2 Å². The number of nitrogens with zero attached hydrogens (tertiary/aromatic N) is 5. The summed E-state index contributed by atoms with van der Waals surface area (Å²) >= 11 is 5.98. The average Bonchev–Trinajstić information content (AvgIpc) is 3.16. The van der Waals surface area contributed by atoms with Crippen molar-refractivity contribution < 1.29 is 0 Å². The Hall–Kier alpha value is -3.32. The number of fused-ring (bicyclic) bond motifs is 3. The van der Waals surface area contributed by atoms with Gasteiger partial charge in [0, 0.05) is 30.8 Å². The normalized spacial score (nSPS) is 13.6. The molecule has 0 unspecified atom stereocenters. The third-order valence-electron chi connectivity index (χ3n) is 5.99. The molecule has 0 amide bonds. The van der Waals surface area contributed by atoms with Crippen LogP contribution in [-0.4, -0.2) is 25.2 Å². The quantitative estimate of drug-likeness (QED) is 0.477. The average molecular weight is 450 g/mol. The topological polar surface area (TPSA) is 65.1 Å². The number of rotatable bonds is 3. The first kappa shape index (κ1) is 20.6. The Balaban J connectivity index is 1.70. The molecule has 0 N–H and O–H groups in total. The molecule has 0 saturated carbocycles. The monoisotopic (exact) mass is 449 g/mol. The molecule has 0 spiro atoms. The second kappa shape index (κ2) is 7.67. The molecule has 7 nitrogen and oxygen atoms in total. The van der Waals surface area contributed by atoms with E-state index < -0.39 is 0 Å². The highest BCUT2D eigenvalue weighted by Crippen LogP contribution is 2.32. The Morgan fingerprint density at radius 3 is 2.38 bits per heavy atom. The molecule has 0 aliphatic carbocycles. The third kappa shape index (κ3) is 3.33. The van der Waals surface area contributed by atoms with Crippen molar-refractivity contribution >= 4 is 34.4 Å². The SMILES string of the molecule is Cc1cc(C)cc(N2CCCn3c2nc2c3c(=O)n(Cc3ccc(Cl)cc3)c(=O)n2C)c1. The van der Waals surface area contributed by atoms with E-state index in [2.05, 4.69) is 36.9 Å². The van der Waals surface area contributed by atoms with Gasteiger partial charge in [-0.25, -0.2) is 4.79 Å². The Kier molecular flexibility index (Phi) is 4.93. The van der Waals surface area contributed by atoms with Crippen molar-refractivity contribution in [3.05, 3.63) is 85.0 Å². The van der Waals surface area contributed by atoms with Crippen LogP contribution >= 0.6 is 11.6 Å². The minimum Gasteiger partial charge on any atom is -0.312 e. The maximum atomic E-state index is 13.5. The van der Waals surface area contributed by atoms with Gasteiger partial charge in [-0.3, -0.25) is 13.9 Å². The summed E-state index contributed by atoms with van der Waals surface area (Å²) in [7, 11) is 1.67. The molecule has 4 aromatic rings. The van der Waals surface area contributed by atoms with Crippen LogP contribution < -0.4 is 16.1 Å². The second-order valence-electron chi connectivity index (χ2n) is 8.45. The minimum atomic E-state index is -0.383. The Labute approximate surface area is 190 Å². The lowest BCUT2D eigenvalue weighted by molar-refractivity contribution is 0.597. The lowest BCUT2D eigenvalue weighted by Crippen LogP contribution is -2.40. The van der Waals surface area contributed by atoms with E-state index in [1.165, 1.54) is 20.3 Å². The van der Waals surface area contributed by atoms with Crippen molar-refractivity contribution in [2.45, 2.75) is 33.4 Å². The van der Waals surface area contributed by atoms with Gasteiger partial charge >= 0.3 is 5.69 Å². The van der Waals surface area contributed by atoms with Gasteiger partial charge in [0.05, 0.1) is 6.54 Å². The lowest BCUT2D eigenvalue weighted by atomic mass is 10.1. The molecule has 2 aromatic heterocycles. The third-order valence-corrected chi connectivity index (χ3v) is 6.24. The number of hydrogen-bond donors (Lipinski definition) is 0. The molecule has 1 aliphatic heterocycles. The van der Waals surface area contributed by atoms with Crippen molar-refractivity contribution in [2.24, 2.45) is 7.05 Å². The molecule has 0 fully saturated rings. The number of aryl methyl sites for hydroxylation is 4. The predicted octanol–water partition coefficient (Wildman–Crippen LogP) is 3.76. The first-order valence-electron chi connectivity index (χ1n) is 10.6. The zero-order valence-corrected chi connectivity index (χ0v) is 19.1. The Morgan fingerprint density at radius 1 is 1.00 bits per heavy atom. The smallest absolute Gasteiger partial charge is 0.312 e. The highest BCUT2D eigenvalue weighted by atomic mass is 35.5. The molecule has 8 heteroatoms. The van der Waals surface area contributed by atoms with Crippen LogP contribution in [0, 0.1) is 13.8 Å². The molecular formula is C24H24ClN5O2. The van der Waals surface area contributed by atoms with Gasteiger partial charge in [-0.15, -0.1) is 0 Å². The van der Waals surface area contributed by atoms with Gasteiger partial charge in [0.25, 0.3) is 5.56 Å². The van der Waals surface area contributed by atoms with Crippen molar-refractivity contribution in [1.29, 1.82) is 0 Å². The Morgan fingerprint density at radius 2 is 1.69 bits per heavy atom. The van der Waals surface area contributed by atoms with Crippen LogP contribution in [0.2, 0.25) is 5.02 Å². The van der Waals surface area contributed by atoms with Crippen LogP contribution in [0.4, 0.5) is 11.6 Å². The molecule has 0 saturated heterocycles. The van der Waals surface area contributed by atoms with Crippen LogP contribution in [0.15, 0.2) is 52.1 Å². The first-order chi connectivity index (χ1) is 15.3. The van der Waals surface area contributed by atoms with Crippen LogP contribution in [-0.2, 0) is 20.1 Å². The van der Waals surface area contributed by atoms with Gasteiger partial charge in [-0.05, 0) is 61.2 Å². The summed E-state index contributed by atoms with van der Waals surface area (Å²) in [6.45, 7) is 5.81. The molecule has 0 bridgehead atoms. The van der Waals surface area contributed by atoms with Gasteiger partial charge < -0.3 is 9.47 Å². The fourth-order valence-corrected chi connectivity index (χ4v) is 4.65. The number of benzene rings is 2. The van der Waals surface area contributed by atoms with E-state index in [0.717, 1.165) is 24.2 Å².